The van der Waals surface area contributed by atoms with Gasteiger partial charge in [0, 0.05) is 12.1 Å². The summed E-state index contributed by atoms with van der Waals surface area (Å²) in [5.41, 5.74) is 3.66. The number of ether oxygens (including phenoxy) is 4. The molecule has 2 aromatic carbocycles. The summed E-state index contributed by atoms with van der Waals surface area (Å²) in [5, 5.41) is 11.2. The zero-order valence-corrected chi connectivity index (χ0v) is 15.1. The topological polar surface area (TPSA) is 60.4 Å². The van der Waals surface area contributed by atoms with Crippen molar-refractivity contribution in [2.24, 2.45) is 0 Å². The third-order valence-corrected chi connectivity index (χ3v) is 6.29. The lowest BCUT2D eigenvalue weighted by atomic mass is 9.64. The maximum atomic E-state index is 11.2. The van der Waals surface area contributed by atoms with Crippen molar-refractivity contribution >= 4 is 6.08 Å². The predicted octanol–water partition coefficient (Wildman–Crippen LogP) is 3.50. The lowest BCUT2D eigenvalue weighted by Crippen LogP contribution is -2.48. The van der Waals surface area contributed by atoms with E-state index in [0.717, 1.165) is 45.3 Å². The van der Waals surface area contributed by atoms with Crippen molar-refractivity contribution in [3.63, 3.8) is 0 Å². The molecule has 3 heterocycles. The summed E-state index contributed by atoms with van der Waals surface area (Å²) in [6, 6.07) is 7.98. The van der Waals surface area contributed by atoms with Gasteiger partial charge >= 0.3 is 0 Å². The minimum absolute atomic E-state index is 0.0279. The van der Waals surface area contributed by atoms with Crippen LogP contribution >= 0.6 is 0 Å². The van der Waals surface area contributed by atoms with Gasteiger partial charge in [0.15, 0.2) is 23.0 Å². The van der Waals surface area contributed by atoms with Gasteiger partial charge in [-0.25, -0.2) is 0 Å². The van der Waals surface area contributed by atoms with E-state index in [0.29, 0.717) is 12.3 Å². The predicted molar refractivity (Wildman–Crippen MR) is 97.3 cm³/mol. The summed E-state index contributed by atoms with van der Waals surface area (Å²) in [5.74, 6) is 3.39. The molecule has 6 rings (SSSR count). The molecule has 0 amide bonds. The number of nitrogens with zero attached hydrogens (tertiary/aromatic N) is 1. The quantitative estimate of drug-likeness (QED) is 0.771. The van der Waals surface area contributed by atoms with Crippen LogP contribution < -0.4 is 18.9 Å². The fraction of sp³-hybridized carbons (Fsp3) is 0.333. The number of rotatable bonds is 0. The molecule has 2 aromatic rings. The highest BCUT2D eigenvalue weighted by Gasteiger charge is 2.51. The number of aliphatic hydroxyl groups is 1. The Labute approximate surface area is 156 Å². The van der Waals surface area contributed by atoms with Gasteiger partial charge in [0.2, 0.25) is 13.6 Å². The normalized spacial score (nSPS) is 26.9. The molecule has 2 atom stereocenters. The molecule has 4 aliphatic rings. The molecule has 27 heavy (non-hydrogen) atoms. The van der Waals surface area contributed by atoms with E-state index in [1.807, 2.05) is 18.2 Å². The number of hydrogen-bond acceptors (Lipinski definition) is 6. The lowest BCUT2D eigenvalue weighted by Gasteiger charge is -2.50. The molecule has 1 N–H and O–H groups in total. The molecule has 0 fully saturated rings. The largest absolute Gasteiger partial charge is 0.511 e. The van der Waals surface area contributed by atoms with E-state index >= 15 is 0 Å². The van der Waals surface area contributed by atoms with Crippen molar-refractivity contribution in [1.29, 1.82) is 0 Å². The van der Waals surface area contributed by atoms with Crippen LogP contribution in [-0.2, 0) is 12.0 Å². The van der Waals surface area contributed by atoms with Crippen molar-refractivity contribution < 1.29 is 24.1 Å². The highest BCUT2D eigenvalue weighted by molar-refractivity contribution is 5.70. The van der Waals surface area contributed by atoms with Gasteiger partial charge in [-0.2, -0.15) is 0 Å². The summed E-state index contributed by atoms with van der Waals surface area (Å²) >= 11 is 0. The van der Waals surface area contributed by atoms with Gasteiger partial charge in [-0.05, 0) is 54.9 Å². The van der Waals surface area contributed by atoms with Gasteiger partial charge in [-0.3, -0.25) is 4.90 Å². The lowest BCUT2D eigenvalue weighted by molar-refractivity contribution is 0.111. The van der Waals surface area contributed by atoms with Crippen LogP contribution in [0.4, 0.5) is 0 Å². The van der Waals surface area contributed by atoms with E-state index in [4.69, 9.17) is 18.9 Å². The number of aliphatic hydroxyl groups excluding tert-OH is 1. The first-order valence-electron chi connectivity index (χ1n) is 9.04. The van der Waals surface area contributed by atoms with Gasteiger partial charge < -0.3 is 24.1 Å². The van der Waals surface area contributed by atoms with Gasteiger partial charge in [0.05, 0.1) is 11.5 Å². The first-order valence-corrected chi connectivity index (χ1v) is 9.04. The van der Waals surface area contributed by atoms with Crippen molar-refractivity contribution in [2.45, 2.75) is 24.9 Å². The summed E-state index contributed by atoms with van der Waals surface area (Å²) in [6.45, 7) is 3.28. The van der Waals surface area contributed by atoms with Crippen LogP contribution in [0.25, 0.3) is 6.08 Å². The van der Waals surface area contributed by atoms with Crippen molar-refractivity contribution in [3.8, 4) is 23.0 Å². The van der Waals surface area contributed by atoms with Crippen LogP contribution in [0.3, 0.4) is 0 Å². The summed E-state index contributed by atoms with van der Waals surface area (Å²) in [6.07, 6.45) is 1.85. The molecule has 138 valence electrons. The Bertz CT molecular complexity index is 1030. The number of benzene rings is 2. The van der Waals surface area contributed by atoms with Crippen LogP contribution in [0.15, 0.2) is 30.0 Å². The Hall–Kier alpha value is -2.86. The molecule has 0 saturated heterocycles. The van der Waals surface area contributed by atoms with Crippen molar-refractivity contribution in [3.05, 3.63) is 52.3 Å². The summed E-state index contributed by atoms with van der Waals surface area (Å²) < 4.78 is 22.4. The molecule has 6 nitrogen and oxygen atoms in total. The van der Waals surface area contributed by atoms with Crippen molar-refractivity contribution in [1.82, 2.24) is 4.90 Å². The van der Waals surface area contributed by atoms with Gasteiger partial charge in [-0.15, -0.1) is 0 Å². The molecule has 6 heteroatoms. The second-order valence-corrected chi connectivity index (χ2v) is 7.71. The first-order chi connectivity index (χ1) is 13.1. The summed E-state index contributed by atoms with van der Waals surface area (Å²) in [7, 11) is 2.08. The molecule has 0 aromatic heterocycles. The van der Waals surface area contributed by atoms with E-state index in [1.165, 1.54) is 0 Å². The van der Waals surface area contributed by atoms with E-state index < -0.39 is 5.41 Å². The Kier molecular flexibility index (Phi) is 2.76. The van der Waals surface area contributed by atoms with E-state index in [-0.39, 0.29) is 19.6 Å². The molecular formula is C21H19NO5. The van der Waals surface area contributed by atoms with Gasteiger partial charge in [0.1, 0.15) is 5.76 Å². The molecule has 0 spiro atoms. The molecule has 0 unspecified atom stereocenters. The average Bonchev–Trinajstić information content (AvgIpc) is 3.29. The monoisotopic (exact) mass is 365 g/mol. The Morgan fingerprint density at radius 1 is 1.04 bits per heavy atom. The third-order valence-electron chi connectivity index (χ3n) is 6.29. The van der Waals surface area contributed by atoms with E-state index in [2.05, 4.69) is 31.0 Å². The second-order valence-electron chi connectivity index (χ2n) is 7.71. The minimum atomic E-state index is -0.593. The van der Waals surface area contributed by atoms with Crippen LogP contribution in [0.1, 0.15) is 35.2 Å². The van der Waals surface area contributed by atoms with Crippen LogP contribution in [-0.4, -0.2) is 30.6 Å². The molecule has 0 saturated carbocycles. The standard InChI is InChI=1S/C21H19NO5/c1-21-14-3-4-15-19(27-10-24-15)13(14)8-22(2)20(21)12-7-17-16(25-9-26-17)5-11(12)6-18(21)23/h3-7,20,23H,8-10H2,1-2H3/t20-,21+/m1/s1. The fourth-order valence-electron chi connectivity index (χ4n) is 5.06. The fourth-order valence-corrected chi connectivity index (χ4v) is 5.06. The maximum Gasteiger partial charge on any atom is 0.231 e. The molecule has 1 aliphatic carbocycles. The minimum Gasteiger partial charge on any atom is -0.511 e. The van der Waals surface area contributed by atoms with E-state index in [1.54, 1.807) is 0 Å². The molecule has 3 aliphatic heterocycles. The Balaban J connectivity index is 1.61. The molecule has 0 bridgehead atoms. The van der Waals surface area contributed by atoms with Gasteiger partial charge in [0.25, 0.3) is 0 Å². The van der Waals surface area contributed by atoms with E-state index in [9.17, 15) is 5.11 Å². The number of fused-ring (bicyclic) bond motifs is 8. The SMILES string of the molecule is CN1Cc2c(ccc3c2OCO3)[C@@]2(C)C(O)=Cc3cc4c(cc3[C@@H]12)OCO4. The Morgan fingerprint density at radius 2 is 1.78 bits per heavy atom. The zero-order chi connectivity index (χ0) is 18.3. The Morgan fingerprint density at radius 3 is 2.63 bits per heavy atom. The van der Waals surface area contributed by atoms with Gasteiger partial charge in [-0.1, -0.05) is 6.07 Å². The number of hydrogen-bond donors (Lipinski definition) is 1. The summed E-state index contributed by atoms with van der Waals surface area (Å²) in [4.78, 5) is 2.26. The average molecular weight is 365 g/mol. The molecular weight excluding hydrogens is 346 g/mol. The third kappa shape index (κ3) is 1.78. The van der Waals surface area contributed by atoms with Crippen LogP contribution in [0.2, 0.25) is 0 Å². The second kappa shape index (κ2) is 4.89. The highest BCUT2D eigenvalue weighted by Crippen LogP contribution is 2.57. The molecule has 0 radical (unpaired) electrons. The number of likely N-dealkylation sites (N-methyl/N-ethyl adjacent to an activating group) is 1. The first kappa shape index (κ1) is 15.2. The zero-order valence-electron chi connectivity index (χ0n) is 15.1. The van der Waals surface area contributed by atoms with Crippen molar-refractivity contribution in [2.75, 3.05) is 20.6 Å². The maximum absolute atomic E-state index is 11.2. The highest BCUT2D eigenvalue weighted by atomic mass is 16.7. The smallest absolute Gasteiger partial charge is 0.231 e. The van der Waals surface area contributed by atoms with Crippen LogP contribution in [0.5, 0.6) is 23.0 Å². The van der Waals surface area contributed by atoms with Crippen LogP contribution in [0, 0.1) is 0 Å².